The predicted molar refractivity (Wildman–Crippen MR) is 122 cm³/mol. The molecule has 1 atom stereocenters. The summed E-state index contributed by atoms with van der Waals surface area (Å²) in [6.07, 6.45) is 4.38. The van der Waals surface area contributed by atoms with E-state index in [9.17, 15) is 9.59 Å². The normalized spacial score (nSPS) is 19.0. The molecule has 1 saturated heterocycles. The molecule has 3 heterocycles. The number of rotatable bonds is 6. The van der Waals surface area contributed by atoms with Crippen molar-refractivity contribution in [3.8, 4) is 17.3 Å². The molecule has 0 spiro atoms. The maximum atomic E-state index is 13.3. The van der Waals surface area contributed by atoms with E-state index in [4.69, 9.17) is 22.0 Å². The van der Waals surface area contributed by atoms with Gasteiger partial charge in [-0.15, -0.1) is 0 Å². The van der Waals surface area contributed by atoms with Crippen molar-refractivity contribution in [1.82, 2.24) is 19.6 Å². The van der Waals surface area contributed by atoms with Gasteiger partial charge in [-0.1, -0.05) is 43.5 Å². The molecule has 0 bridgehead atoms. The van der Waals surface area contributed by atoms with E-state index >= 15 is 0 Å². The number of amides is 2. The summed E-state index contributed by atoms with van der Waals surface area (Å²) in [5.74, 6) is -0.185. The van der Waals surface area contributed by atoms with E-state index in [-0.39, 0.29) is 30.3 Å². The number of hydrogen-bond donors (Lipinski definition) is 0. The number of benzene rings is 1. The van der Waals surface area contributed by atoms with Crippen LogP contribution in [0, 0.1) is 17.2 Å². The molecule has 4 rings (SSSR count). The minimum atomic E-state index is -0.161. The van der Waals surface area contributed by atoms with Gasteiger partial charge in [0.15, 0.2) is 0 Å². The largest absolute Gasteiger partial charge is 0.341 e. The Morgan fingerprint density at radius 3 is 2.62 bits per heavy atom. The van der Waals surface area contributed by atoms with E-state index in [1.54, 1.807) is 9.80 Å². The molecule has 7 nitrogen and oxygen atoms in total. The van der Waals surface area contributed by atoms with Crippen molar-refractivity contribution < 1.29 is 9.59 Å². The van der Waals surface area contributed by atoms with Gasteiger partial charge in [0.05, 0.1) is 17.8 Å². The van der Waals surface area contributed by atoms with Crippen LogP contribution in [0.25, 0.3) is 11.3 Å². The molecule has 1 aromatic heterocycles. The number of carbonyl (C=O) groups is 2. The molecule has 32 heavy (non-hydrogen) atoms. The number of aromatic nitrogens is 2. The predicted octanol–water partition coefficient (Wildman–Crippen LogP) is 4.15. The van der Waals surface area contributed by atoms with Gasteiger partial charge in [0.1, 0.15) is 12.2 Å². The van der Waals surface area contributed by atoms with Crippen molar-refractivity contribution in [3.05, 3.63) is 41.0 Å². The third-order valence-corrected chi connectivity index (χ3v) is 6.66. The first-order valence-electron chi connectivity index (χ1n) is 11.3. The second-order valence-corrected chi connectivity index (χ2v) is 9.07. The van der Waals surface area contributed by atoms with Gasteiger partial charge in [-0.3, -0.25) is 14.3 Å². The van der Waals surface area contributed by atoms with E-state index < -0.39 is 0 Å². The average molecular weight is 454 g/mol. The molecule has 2 aromatic rings. The molecule has 0 aliphatic carbocycles. The van der Waals surface area contributed by atoms with Crippen LogP contribution in [0.2, 0.25) is 5.02 Å². The Hall–Kier alpha value is -2.85. The lowest BCUT2D eigenvalue weighted by atomic mass is 9.98. The third-order valence-electron chi connectivity index (χ3n) is 6.41. The van der Waals surface area contributed by atoms with Crippen LogP contribution < -0.4 is 0 Å². The van der Waals surface area contributed by atoms with E-state index in [0.717, 1.165) is 30.5 Å². The summed E-state index contributed by atoms with van der Waals surface area (Å²) in [6.45, 7) is 3.85. The Bertz CT molecular complexity index is 1020. The molecule has 1 fully saturated rings. The molecular weight excluding hydrogens is 426 g/mol. The minimum absolute atomic E-state index is 0.0229. The van der Waals surface area contributed by atoms with Crippen molar-refractivity contribution in [2.24, 2.45) is 5.92 Å². The minimum Gasteiger partial charge on any atom is -0.341 e. The summed E-state index contributed by atoms with van der Waals surface area (Å²) >= 11 is 6.01. The van der Waals surface area contributed by atoms with Crippen molar-refractivity contribution in [2.75, 3.05) is 26.2 Å². The van der Waals surface area contributed by atoms with E-state index in [0.29, 0.717) is 43.2 Å². The number of hydrogen-bond acceptors (Lipinski definition) is 4. The lowest BCUT2D eigenvalue weighted by molar-refractivity contribution is -0.133. The zero-order valence-corrected chi connectivity index (χ0v) is 19.1. The average Bonchev–Trinajstić information content (AvgIpc) is 3.26. The van der Waals surface area contributed by atoms with Gasteiger partial charge in [0.2, 0.25) is 5.91 Å². The van der Waals surface area contributed by atoms with Crippen LogP contribution in [0.3, 0.4) is 0 Å². The summed E-state index contributed by atoms with van der Waals surface area (Å²) in [5, 5.41) is 14.5. The zero-order chi connectivity index (χ0) is 22.7. The summed E-state index contributed by atoms with van der Waals surface area (Å²) in [7, 11) is 0. The summed E-state index contributed by atoms with van der Waals surface area (Å²) in [5.41, 5.74) is 2.16. The van der Waals surface area contributed by atoms with Gasteiger partial charge in [0.25, 0.3) is 5.91 Å². The standard InChI is InChI=1S/C24H28ClN5O2/c1-2-3-4-20-15-29(16-23(31)28-11-9-17(14-26)10-12-28)24(32)22-13-21(27-30(20)22)18-5-7-19(25)8-6-18/h5-8,13,17,20H,2-4,9-12,15-16H2,1H3. The number of likely N-dealkylation sites (tertiary alicyclic amines) is 1. The first-order valence-corrected chi connectivity index (χ1v) is 11.7. The van der Waals surface area contributed by atoms with Gasteiger partial charge in [0, 0.05) is 36.1 Å². The Morgan fingerprint density at radius 2 is 1.97 bits per heavy atom. The maximum absolute atomic E-state index is 13.3. The van der Waals surface area contributed by atoms with Crippen LogP contribution in [0.5, 0.6) is 0 Å². The first-order chi connectivity index (χ1) is 15.5. The summed E-state index contributed by atoms with van der Waals surface area (Å²) in [6, 6.07) is 11.6. The lowest BCUT2D eigenvalue weighted by Crippen LogP contribution is -2.49. The number of fused-ring (bicyclic) bond motifs is 1. The zero-order valence-electron chi connectivity index (χ0n) is 18.3. The second kappa shape index (κ2) is 9.74. The van der Waals surface area contributed by atoms with E-state index in [1.807, 2.05) is 35.0 Å². The van der Waals surface area contributed by atoms with Crippen LogP contribution in [0.15, 0.2) is 30.3 Å². The third kappa shape index (κ3) is 4.66. The smallest absolute Gasteiger partial charge is 0.272 e. The number of nitriles is 1. The van der Waals surface area contributed by atoms with Crippen LogP contribution in [0.1, 0.15) is 55.6 Å². The summed E-state index contributed by atoms with van der Waals surface area (Å²) in [4.78, 5) is 29.6. The highest BCUT2D eigenvalue weighted by Crippen LogP contribution is 2.30. The van der Waals surface area contributed by atoms with Crippen molar-refractivity contribution >= 4 is 23.4 Å². The van der Waals surface area contributed by atoms with Crippen molar-refractivity contribution in [3.63, 3.8) is 0 Å². The van der Waals surface area contributed by atoms with Crippen molar-refractivity contribution in [1.29, 1.82) is 5.26 Å². The number of unbranched alkanes of at least 4 members (excludes halogenated alkanes) is 1. The molecule has 8 heteroatoms. The Labute approximate surface area is 193 Å². The second-order valence-electron chi connectivity index (χ2n) is 8.63. The topological polar surface area (TPSA) is 82.2 Å². The monoisotopic (exact) mass is 453 g/mol. The van der Waals surface area contributed by atoms with Gasteiger partial charge in [-0.2, -0.15) is 10.4 Å². The fourth-order valence-corrected chi connectivity index (χ4v) is 4.61. The van der Waals surface area contributed by atoms with Gasteiger partial charge in [-0.05, 0) is 37.5 Å². The number of piperidine rings is 1. The SMILES string of the molecule is CCCCC1CN(CC(=O)N2CCC(C#N)CC2)C(=O)c2cc(-c3ccc(Cl)cc3)nn21. The molecule has 168 valence electrons. The van der Waals surface area contributed by atoms with Crippen LogP contribution in [-0.2, 0) is 4.79 Å². The van der Waals surface area contributed by atoms with Gasteiger partial charge < -0.3 is 9.80 Å². The molecular formula is C24H28ClN5O2. The van der Waals surface area contributed by atoms with E-state index in [2.05, 4.69) is 13.0 Å². The summed E-state index contributed by atoms with van der Waals surface area (Å²) < 4.78 is 1.85. The fraction of sp³-hybridized carbons (Fsp3) is 0.500. The quantitative estimate of drug-likeness (QED) is 0.657. The lowest BCUT2D eigenvalue weighted by Gasteiger charge is -2.35. The number of nitrogens with zero attached hydrogens (tertiary/aromatic N) is 5. The molecule has 1 aromatic carbocycles. The van der Waals surface area contributed by atoms with E-state index in [1.165, 1.54) is 0 Å². The highest BCUT2D eigenvalue weighted by molar-refractivity contribution is 6.30. The van der Waals surface area contributed by atoms with Crippen LogP contribution in [0.4, 0.5) is 0 Å². The number of carbonyl (C=O) groups excluding carboxylic acids is 2. The molecule has 0 saturated carbocycles. The Morgan fingerprint density at radius 1 is 1.25 bits per heavy atom. The molecule has 2 aliphatic rings. The van der Waals surface area contributed by atoms with Crippen LogP contribution in [-0.4, -0.2) is 57.6 Å². The molecule has 0 radical (unpaired) electrons. The molecule has 0 N–H and O–H groups in total. The maximum Gasteiger partial charge on any atom is 0.272 e. The van der Waals surface area contributed by atoms with Gasteiger partial charge in [-0.25, -0.2) is 0 Å². The molecule has 2 amide bonds. The molecule has 1 unspecified atom stereocenters. The van der Waals surface area contributed by atoms with Crippen molar-refractivity contribution in [2.45, 2.75) is 45.1 Å². The highest BCUT2D eigenvalue weighted by Gasteiger charge is 2.35. The Kier molecular flexibility index (Phi) is 6.80. The highest BCUT2D eigenvalue weighted by atomic mass is 35.5. The first kappa shape index (κ1) is 22.3. The van der Waals surface area contributed by atoms with Crippen LogP contribution >= 0.6 is 11.6 Å². The molecule has 2 aliphatic heterocycles. The van der Waals surface area contributed by atoms with Gasteiger partial charge >= 0.3 is 0 Å². The fourth-order valence-electron chi connectivity index (χ4n) is 4.48. The number of halogens is 1. The Balaban J connectivity index is 1.54.